The molecule has 0 saturated heterocycles. The molecule has 6 nitrogen and oxygen atoms in total. The predicted octanol–water partition coefficient (Wildman–Crippen LogP) is 3.07. The zero-order valence-electron chi connectivity index (χ0n) is 12.3. The van der Waals surface area contributed by atoms with Crippen LogP contribution in [0, 0.1) is 0 Å². The molecule has 1 aromatic heterocycles. The quantitative estimate of drug-likeness (QED) is 0.655. The van der Waals surface area contributed by atoms with Crippen molar-refractivity contribution in [3.8, 4) is 5.75 Å². The maximum atomic E-state index is 11.0. The number of rotatable bonds is 5. The first-order valence-corrected chi connectivity index (χ1v) is 8.28. The fourth-order valence-corrected chi connectivity index (χ4v) is 3.33. The van der Waals surface area contributed by atoms with Gasteiger partial charge in [-0.05, 0) is 35.9 Å². The third-order valence-corrected chi connectivity index (χ3v) is 4.49. The van der Waals surface area contributed by atoms with Crippen molar-refractivity contribution < 1.29 is 14.3 Å². The van der Waals surface area contributed by atoms with Gasteiger partial charge in [0, 0.05) is 17.9 Å². The van der Waals surface area contributed by atoms with E-state index in [4.69, 9.17) is 16.3 Å². The summed E-state index contributed by atoms with van der Waals surface area (Å²) in [5, 5.41) is 3.49. The monoisotopic (exact) mass is 351 g/mol. The molecular formula is C15H14ClN3O3S. The highest BCUT2D eigenvalue weighted by Gasteiger charge is 2.19. The molecule has 1 aliphatic heterocycles. The van der Waals surface area contributed by atoms with Crippen LogP contribution in [-0.4, -0.2) is 35.4 Å². The van der Waals surface area contributed by atoms with Crippen molar-refractivity contribution in [1.29, 1.82) is 0 Å². The number of nitrogens with zero attached hydrogens (tertiary/aromatic N) is 2. The van der Waals surface area contributed by atoms with Crippen LogP contribution in [0.1, 0.15) is 5.69 Å². The van der Waals surface area contributed by atoms with Crippen LogP contribution in [0.2, 0.25) is 5.28 Å². The van der Waals surface area contributed by atoms with Gasteiger partial charge in [-0.2, -0.15) is 4.98 Å². The molecule has 0 radical (unpaired) electrons. The van der Waals surface area contributed by atoms with Crippen LogP contribution < -0.4 is 10.1 Å². The van der Waals surface area contributed by atoms with Crippen molar-refractivity contribution in [2.24, 2.45) is 0 Å². The van der Waals surface area contributed by atoms with E-state index in [0.717, 1.165) is 28.5 Å². The van der Waals surface area contributed by atoms with Crippen molar-refractivity contribution >= 4 is 40.8 Å². The average molecular weight is 352 g/mol. The van der Waals surface area contributed by atoms with Crippen molar-refractivity contribution in [3.63, 3.8) is 0 Å². The highest BCUT2D eigenvalue weighted by molar-refractivity contribution is 7.99. The molecule has 0 saturated carbocycles. The molecule has 1 aromatic carbocycles. The molecule has 0 unspecified atom stereocenters. The maximum Gasteiger partial charge on any atom is 0.343 e. The topological polar surface area (TPSA) is 73.3 Å². The largest absolute Gasteiger partial charge is 0.482 e. The number of aryl methyl sites for hydroxylation is 1. The highest BCUT2D eigenvalue weighted by atomic mass is 35.5. The third-order valence-electron chi connectivity index (χ3n) is 3.20. The Kier molecular flexibility index (Phi) is 4.88. The van der Waals surface area contributed by atoms with Gasteiger partial charge in [-0.15, -0.1) is 11.8 Å². The molecule has 3 rings (SSSR count). The number of hydrogen-bond donors (Lipinski definition) is 1. The Labute approximate surface area is 142 Å². The Morgan fingerprint density at radius 2 is 2.13 bits per heavy atom. The lowest BCUT2D eigenvalue weighted by Crippen LogP contribution is -2.12. The summed E-state index contributed by atoms with van der Waals surface area (Å²) in [6.45, 7) is -0.116. The molecule has 0 fully saturated rings. The van der Waals surface area contributed by atoms with Gasteiger partial charge in [-0.25, -0.2) is 9.78 Å². The van der Waals surface area contributed by atoms with Crippen molar-refractivity contribution in [1.82, 2.24) is 9.97 Å². The fourth-order valence-electron chi connectivity index (χ4n) is 2.09. The van der Waals surface area contributed by atoms with Crippen LogP contribution >= 0.6 is 23.4 Å². The number of esters is 1. The minimum atomic E-state index is -0.421. The van der Waals surface area contributed by atoms with Crippen LogP contribution in [-0.2, 0) is 16.0 Å². The number of thioether (sulfide) groups is 1. The number of fused-ring (bicyclic) bond motifs is 1. The minimum Gasteiger partial charge on any atom is -0.482 e. The Morgan fingerprint density at radius 3 is 2.87 bits per heavy atom. The SMILES string of the molecule is COC(=O)COc1ccc(Nc2nc(Cl)nc3c2SCC3)cc1. The first kappa shape index (κ1) is 15.9. The third kappa shape index (κ3) is 3.86. The van der Waals surface area contributed by atoms with Crippen LogP contribution in [0.25, 0.3) is 0 Å². The number of halogens is 1. The molecule has 23 heavy (non-hydrogen) atoms. The molecule has 0 aliphatic carbocycles. The van der Waals surface area contributed by atoms with Crippen LogP contribution in [0.4, 0.5) is 11.5 Å². The maximum absolute atomic E-state index is 11.0. The van der Waals surface area contributed by atoms with Gasteiger partial charge < -0.3 is 14.8 Å². The number of carbonyl (C=O) groups is 1. The van der Waals surface area contributed by atoms with Crippen LogP contribution in [0.5, 0.6) is 5.75 Å². The lowest BCUT2D eigenvalue weighted by Gasteiger charge is -2.11. The van der Waals surface area contributed by atoms with E-state index in [1.165, 1.54) is 7.11 Å². The van der Waals surface area contributed by atoms with E-state index in [1.807, 2.05) is 12.1 Å². The minimum absolute atomic E-state index is 0.116. The summed E-state index contributed by atoms with van der Waals surface area (Å²) in [6.07, 6.45) is 0.900. The Balaban J connectivity index is 1.71. The first-order chi connectivity index (χ1) is 11.2. The molecule has 0 amide bonds. The molecule has 8 heteroatoms. The molecule has 0 spiro atoms. The summed E-state index contributed by atoms with van der Waals surface area (Å²) < 4.78 is 9.83. The number of hydrogen-bond acceptors (Lipinski definition) is 7. The number of nitrogens with one attached hydrogen (secondary N) is 1. The molecular weight excluding hydrogens is 338 g/mol. The van der Waals surface area contributed by atoms with Crippen molar-refractivity contribution in [2.75, 3.05) is 24.8 Å². The highest BCUT2D eigenvalue weighted by Crippen LogP contribution is 2.37. The second-order valence-corrected chi connectivity index (χ2v) is 6.17. The van der Waals surface area contributed by atoms with E-state index in [9.17, 15) is 4.79 Å². The van der Waals surface area contributed by atoms with E-state index in [1.54, 1.807) is 23.9 Å². The predicted molar refractivity (Wildman–Crippen MR) is 88.7 cm³/mol. The molecule has 0 atom stereocenters. The molecule has 1 N–H and O–H groups in total. The molecule has 0 bridgehead atoms. The lowest BCUT2D eigenvalue weighted by atomic mass is 10.3. The van der Waals surface area contributed by atoms with Gasteiger partial charge in [0.1, 0.15) is 11.6 Å². The lowest BCUT2D eigenvalue weighted by molar-refractivity contribution is -0.142. The van der Waals surface area contributed by atoms with Crippen molar-refractivity contribution in [2.45, 2.75) is 11.3 Å². The van der Waals surface area contributed by atoms with E-state index in [2.05, 4.69) is 20.0 Å². The fraction of sp³-hybridized carbons (Fsp3) is 0.267. The smallest absolute Gasteiger partial charge is 0.343 e. The van der Waals surface area contributed by atoms with Gasteiger partial charge in [-0.1, -0.05) is 0 Å². The van der Waals surface area contributed by atoms with Crippen LogP contribution in [0.3, 0.4) is 0 Å². The van der Waals surface area contributed by atoms with Crippen LogP contribution in [0.15, 0.2) is 29.2 Å². The number of methoxy groups -OCH3 is 1. The molecule has 2 heterocycles. The summed E-state index contributed by atoms with van der Waals surface area (Å²) in [7, 11) is 1.32. The summed E-state index contributed by atoms with van der Waals surface area (Å²) in [5.41, 5.74) is 1.83. The molecule has 120 valence electrons. The summed E-state index contributed by atoms with van der Waals surface area (Å²) in [5.74, 6) is 1.86. The van der Waals surface area contributed by atoms with Crippen molar-refractivity contribution in [3.05, 3.63) is 35.2 Å². The van der Waals surface area contributed by atoms with E-state index < -0.39 is 5.97 Å². The Morgan fingerprint density at radius 1 is 1.35 bits per heavy atom. The number of anilines is 2. The Hall–Kier alpha value is -1.99. The van der Waals surface area contributed by atoms with Gasteiger partial charge in [0.15, 0.2) is 6.61 Å². The van der Waals surface area contributed by atoms with E-state index in [0.29, 0.717) is 11.6 Å². The standard InChI is InChI=1S/C15H14ClN3O3S/c1-21-12(20)8-22-10-4-2-9(3-5-10)17-14-13-11(6-7-23-13)18-15(16)19-14/h2-5H,6-8H2,1H3,(H,17,18,19). The van der Waals surface area contributed by atoms with E-state index in [-0.39, 0.29) is 11.9 Å². The van der Waals surface area contributed by atoms with Gasteiger partial charge in [0.25, 0.3) is 0 Å². The van der Waals surface area contributed by atoms with Gasteiger partial charge in [0.05, 0.1) is 17.7 Å². The average Bonchev–Trinajstić information content (AvgIpc) is 3.02. The Bertz CT molecular complexity index is 725. The summed E-state index contributed by atoms with van der Waals surface area (Å²) >= 11 is 7.69. The zero-order chi connectivity index (χ0) is 16.2. The van der Waals surface area contributed by atoms with Gasteiger partial charge in [-0.3, -0.25) is 0 Å². The normalized spacial score (nSPS) is 12.6. The molecule has 2 aromatic rings. The summed E-state index contributed by atoms with van der Waals surface area (Å²) in [4.78, 5) is 20.6. The number of ether oxygens (including phenoxy) is 2. The number of aromatic nitrogens is 2. The second kappa shape index (κ2) is 7.06. The van der Waals surface area contributed by atoms with Gasteiger partial charge >= 0.3 is 5.97 Å². The first-order valence-electron chi connectivity index (χ1n) is 6.91. The summed E-state index contributed by atoms with van der Waals surface area (Å²) in [6, 6.07) is 7.21. The second-order valence-electron chi connectivity index (χ2n) is 4.73. The number of benzene rings is 1. The van der Waals surface area contributed by atoms with E-state index >= 15 is 0 Å². The molecule has 1 aliphatic rings. The van der Waals surface area contributed by atoms with Gasteiger partial charge in [0.2, 0.25) is 5.28 Å². The zero-order valence-corrected chi connectivity index (χ0v) is 13.9. The number of carbonyl (C=O) groups excluding carboxylic acids is 1.